The number of carbonyl (C=O) groups is 2. The van der Waals surface area contributed by atoms with E-state index in [0.717, 1.165) is 44.9 Å². The molecule has 2 aromatic rings. The number of ether oxygens (including phenoxy) is 11. The monoisotopic (exact) mass is 928 g/mol. The Bertz CT molecular complexity index is 2150. The van der Waals surface area contributed by atoms with Crippen LogP contribution in [0.15, 0.2) is 91.1 Å². The Hall–Kier alpha value is -5.58. The molecule has 9 atom stereocenters. The molecule has 1 aliphatic carbocycles. The van der Waals surface area contributed by atoms with Gasteiger partial charge in [0.15, 0.2) is 29.3 Å². The summed E-state index contributed by atoms with van der Waals surface area (Å²) in [6.07, 6.45) is 26.1. The standard InChI is InChI=1S/C52H64O15/c1-5-6-7-8-9-10-11-12-13-14-15-16-17-18-19-20-21-22-23-24-25-59-52(56)67-47-38(57-3)27-34(28-39(47)58-4)42-36-29-40-49(63-32-62-40)46(37(36)26-35-30-61-50(55)43(35)42)66-51-45(54)44(53)48-41(65-51)31-60-33(2)64-48/h6-7,9-10,12-13,15-16,18-19,21-22,27-29,33,35,41-45,48,51,53-54H,5,8,11,14,17,20,23-26,30-32H2,1-4H3/b7-6-,10-9-,13-12-,16-15-,19-18-,22-21-/t33-,35+,41-,42-,43?,44-,45-,48?,51+/m1/s1. The van der Waals surface area contributed by atoms with E-state index in [4.69, 9.17) is 52.1 Å². The van der Waals surface area contributed by atoms with Crippen molar-refractivity contribution in [2.75, 3.05) is 40.8 Å². The second-order valence-electron chi connectivity index (χ2n) is 16.8. The van der Waals surface area contributed by atoms with Crippen molar-refractivity contribution in [2.24, 2.45) is 11.8 Å². The van der Waals surface area contributed by atoms with Crippen LogP contribution in [-0.4, -0.2) is 100 Å². The number of benzene rings is 2. The Kier molecular flexibility index (Phi) is 18.0. The van der Waals surface area contributed by atoms with Gasteiger partial charge in [-0.2, -0.15) is 0 Å². The number of methoxy groups -OCH3 is 2. The van der Waals surface area contributed by atoms with Gasteiger partial charge in [0.2, 0.25) is 24.6 Å². The first-order chi connectivity index (χ1) is 32.7. The predicted molar refractivity (Wildman–Crippen MR) is 247 cm³/mol. The molecule has 362 valence electrons. The molecule has 0 spiro atoms. The highest BCUT2D eigenvalue weighted by Gasteiger charge is 2.52. The SMILES string of the molecule is CC/C=C\C/C=C\C/C=C\C/C=C\C/C=C\C/C=C\CCCOC(=O)Oc1c(OC)cc([C@@H]2c3cc4c(c(O[C@@H]5O[C@@H]6CO[C@@H](C)OC6[C@H](O)[C@H]5O)c3C[C@H]3COC(=O)C32)OCO4)cc1OC. The largest absolute Gasteiger partial charge is 0.514 e. The molecule has 3 fully saturated rings. The Labute approximate surface area is 392 Å². The maximum absolute atomic E-state index is 13.5. The number of carbonyl (C=O) groups excluding carboxylic acids is 2. The topological polar surface area (TPSA) is 176 Å². The zero-order chi connectivity index (χ0) is 47.1. The van der Waals surface area contributed by atoms with Crippen molar-refractivity contribution in [1.82, 2.24) is 0 Å². The van der Waals surface area contributed by atoms with Crippen LogP contribution in [0.2, 0.25) is 0 Å². The van der Waals surface area contributed by atoms with E-state index >= 15 is 0 Å². The second-order valence-corrected chi connectivity index (χ2v) is 16.8. The Balaban J connectivity index is 0.955. The highest BCUT2D eigenvalue weighted by molar-refractivity contribution is 5.79. The van der Waals surface area contributed by atoms with Gasteiger partial charge >= 0.3 is 12.1 Å². The lowest BCUT2D eigenvalue weighted by Gasteiger charge is -2.45. The lowest BCUT2D eigenvalue weighted by atomic mass is 9.67. The van der Waals surface area contributed by atoms with Crippen molar-refractivity contribution in [1.29, 1.82) is 0 Å². The molecule has 0 radical (unpaired) electrons. The molecule has 0 bridgehead atoms. The lowest BCUT2D eigenvalue weighted by molar-refractivity contribution is -0.344. The van der Waals surface area contributed by atoms with Gasteiger partial charge in [-0.15, -0.1) is 0 Å². The minimum Gasteiger partial charge on any atom is -0.493 e. The van der Waals surface area contributed by atoms with Crippen LogP contribution >= 0.6 is 0 Å². The molecular weight excluding hydrogens is 865 g/mol. The molecule has 0 saturated carbocycles. The van der Waals surface area contributed by atoms with Crippen LogP contribution in [0.4, 0.5) is 4.79 Å². The molecule has 4 heterocycles. The average Bonchev–Trinajstić information content (AvgIpc) is 3.96. The molecule has 5 aliphatic rings. The fourth-order valence-corrected chi connectivity index (χ4v) is 8.90. The van der Waals surface area contributed by atoms with Crippen LogP contribution in [0.3, 0.4) is 0 Å². The van der Waals surface area contributed by atoms with Crippen LogP contribution in [0.1, 0.15) is 87.8 Å². The summed E-state index contributed by atoms with van der Waals surface area (Å²) in [6, 6.07) is 5.19. The van der Waals surface area contributed by atoms with Crippen LogP contribution in [-0.2, 0) is 34.9 Å². The molecule has 4 aliphatic heterocycles. The quantitative estimate of drug-likeness (QED) is 0.0527. The first-order valence-corrected chi connectivity index (χ1v) is 23.3. The van der Waals surface area contributed by atoms with Crippen molar-refractivity contribution in [2.45, 2.75) is 115 Å². The highest BCUT2D eigenvalue weighted by atomic mass is 16.8. The van der Waals surface area contributed by atoms with Gasteiger partial charge in [0.1, 0.15) is 24.4 Å². The van der Waals surface area contributed by atoms with Gasteiger partial charge in [-0.05, 0) is 94.0 Å². The summed E-state index contributed by atoms with van der Waals surface area (Å²) < 4.78 is 63.9. The Morgan fingerprint density at radius 3 is 2.06 bits per heavy atom. The molecule has 3 saturated heterocycles. The summed E-state index contributed by atoms with van der Waals surface area (Å²) in [5, 5.41) is 22.3. The van der Waals surface area contributed by atoms with Crippen molar-refractivity contribution >= 4 is 12.1 Å². The van der Waals surface area contributed by atoms with Crippen LogP contribution in [0.5, 0.6) is 34.5 Å². The summed E-state index contributed by atoms with van der Waals surface area (Å²) in [4.78, 5) is 26.5. The molecule has 0 aromatic heterocycles. The van der Waals surface area contributed by atoms with Crippen molar-refractivity contribution < 1.29 is 71.9 Å². The van der Waals surface area contributed by atoms with Gasteiger partial charge in [0, 0.05) is 17.4 Å². The number of aliphatic hydroxyl groups is 2. The number of aliphatic hydroxyl groups excluding tert-OH is 2. The van der Waals surface area contributed by atoms with Gasteiger partial charge in [-0.3, -0.25) is 4.79 Å². The maximum Gasteiger partial charge on any atom is 0.514 e. The Morgan fingerprint density at radius 2 is 1.42 bits per heavy atom. The fraction of sp³-hybridized carbons (Fsp3) is 0.500. The number of unbranched alkanes of at least 4 members (excludes halogenated alkanes) is 1. The van der Waals surface area contributed by atoms with E-state index in [0.29, 0.717) is 41.0 Å². The molecule has 15 heteroatoms. The van der Waals surface area contributed by atoms with E-state index in [1.54, 1.807) is 19.1 Å². The van der Waals surface area contributed by atoms with E-state index in [2.05, 4.69) is 79.8 Å². The normalized spacial score (nSPS) is 26.7. The van der Waals surface area contributed by atoms with E-state index in [9.17, 15) is 19.8 Å². The summed E-state index contributed by atoms with van der Waals surface area (Å²) >= 11 is 0. The highest BCUT2D eigenvalue weighted by Crippen LogP contribution is 2.56. The summed E-state index contributed by atoms with van der Waals surface area (Å²) in [6.45, 7) is 4.17. The molecule has 0 amide bonds. The maximum atomic E-state index is 13.5. The first-order valence-electron chi connectivity index (χ1n) is 23.3. The average molecular weight is 929 g/mol. The fourth-order valence-electron chi connectivity index (χ4n) is 8.90. The zero-order valence-electron chi connectivity index (χ0n) is 38.8. The van der Waals surface area contributed by atoms with E-state index in [1.807, 2.05) is 6.07 Å². The van der Waals surface area contributed by atoms with Gasteiger partial charge in [-0.25, -0.2) is 4.79 Å². The number of esters is 1. The van der Waals surface area contributed by atoms with E-state index in [-0.39, 0.29) is 61.5 Å². The minimum absolute atomic E-state index is 0.0114. The van der Waals surface area contributed by atoms with Crippen LogP contribution in [0, 0.1) is 11.8 Å². The summed E-state index contributed by atoms with van der Waals surface area (Å²) in [7, 11) is 2.87. The third kappa shape index (κ3) is 12.3. The molecule has 2 unspecified atom stereocenters. The molecule has 7 rings (SSSR count). The van der Waals surface area contributed by atoms with Gasteiger partial charge in [-0.1, -0.05) is 79.8 Å². The number of cyclic esters (lactones) is 1. The molecule has 67 heavy (non-hydrogen) atoms. The Morgan fingerprint density at radius 1 is 0.776 bits per heavy atom. The predicted octanol–water partition coefficient (Wildman–Crippen LogP) is 8.49. The van der Waals surface area contributed by atoms with Crippen molar-refractivity contribution in [3.05, 3.63) is 108 Å². The zero-order valence-corrected chi connectivity index (χ0v) is 38.8. The molecular formula is C52H64O15. The number of allylic oxidation sites excluding steroid dienone is 12. The second kappa shape index (κ2) is 24.4. The lowest BCUT2D eigenvalue weighted by Crippen LogP contribution is -2.63. The number of fused-ring (bicyclic) bond motifs is 4. The molecule has 15 nitrogen and oxygen atoms in total. The third-order valence-corrected chi connectivity index (χ3v) is 12.2. The van der Waals surface area contributed by atoms with Gasteiger partial charge < -0.3 is 62.3 Å². The molecule has 2 aromatic carbocycles. The summed E-state index contributed by atoms with van der Waals surface area (Å²) in [5.74, 6) is -0.668. The smallest absolute Gasteiger partial charge is 0.493 e. The number of rotatable bonds is 21. The molecule has 2 N–H and O–H groups in total. The van der Waals surface area contributed by atoms with Crippen LogP contribution < -0.4 is 28.4 Å². The van der Waals surface area contributed by atoms with Crippen LogP contribution in [0.25, 0.3) is 0 Å². The summed E-state index contributed by atoms with van der Waals surface area (Å²) in [5.41, 5.74) is 1.95. The van der Waals surface area contributed by atoms with E-state index < -0.39 is 55.0 Å². The van der Waals surface area contributed by atoms with Crippen molar-refractivity contribution in [3.63, 3.8) is 0 Å². The third-order valence-electron chi connectivity index (χ3n) is 12.2. The minimum atomic E-state index is -1.49. The van der Waals surface area contributed by atoms with Gasteiger partial charge in [0.05, 0.1) is 40.0 Å². The first kappa shape index (κ1) is 49.3. The number of hydrogen-bond donors (Lipinski definition) is 2. The number of hydrogen-bond acceptors (Lipinski definition) is 15. The van der Waals surface area contributed by atoms with E-state index in [1.165, 1.54) is 14.2 Å². The van der Waals surface area contributed by atoms with Crippen molar-refractivity contribution in [3.8, 4) is 34.5 Å². The van der Waals surface area contributed by atoms with Gasteiger partial charge in [0.25, 0.3) is 0 Å².